The number of rotatable bonds is 3. The molecule has 1 nitrogen and oxygen atoms in total. The van der Waals surface area contributed by atoms with Crippen molar-refractivity contribution in [3.05, 3.63) is 42.0 Å². The third kappa shape index (κ3) is 4.37. The Hall–Kier alpha value is -1.68. The molecule has 0 heterocycles. The molecule has 0 spiro atoms. The monoisotopic (exact) mass is 186 g/mol. The van der Waals surface area contributed by atoms with E-state index in [9.17, 15) is 0 Å². The highest BCUT2D eigenvalue weighted by Crippen LogP contribution is 2.01. The maximum atomic E-state index is 4.89. The quantitative estimate of drug-likeness (QED) is 0.659. The van der Waals surface area contributed by atoms with Crippen molar-refractivity contribution in [2.45, 2.75) is 13.3 Å². The highest BCUT2D eigenvalue weighted by atomic mass is 16.5. The average molecular weight is 186 g/mol. The molecule has 1 rings (SSSR count). The number of ether oxygens (including phenoxy) is 1. The Bertz CT molecular complexity index is 327. The lowest BCUT2D eigenvalue weighted by molar-refractivity contribution is 0.299. The van der Waals surface area contributed by atoms with Crippen molar-refractivity contribution in [3.63, 3.8) is 0 Å². The van der Waals surface area contributed by atoms with Crippen molar-refractivity contribution in [2.24, 2.45) is 0 Å². The van der Waals surface area contributed by atoms with Gasteiger partial charge in [0.2, 0.25) is 0 Å². The first-order valence-corrected chi connectivity index (χ1v) is 4.74. The third-order valence-electron chi connectivity index (χ3n) is 1.62. The molecule has 0 saturated carbocycles. The van der Waals surface area contributed by atoms with Crippen LogP contribution in [0.25, 0.3) is 6.08 Å². The van der Waals surface area contributed by atoms with Gasteiger partial charge in [-0.25, -0.2) is 0 Å². The minimum atomic E-state index is 0.648. The van der Waals surface area contributed by atoms with Crippen molar-refractivity contribution in [2.75, 3.05) is 6.61 Å². The van der Waals surface area contributed by atoms with Gasteiger partial charge in [-0.15, -0.1) is 0 Å². The predicted molar refractivity (Wildman–Crippen MR) is 59.5 cm³/mol. The molecule has 0 atom stereocenters. The van der Waals surface area contributed by atoms with Gasteiger partial charge in [0.1, 0.15) is 6.11 Å². The molecular formula is C13H14O. The molecule has 0 aliphatic carbocycles. The van der Waals surface area contributed by atoms with Gasteiger partial charge in [-0.3, -0.25) is 0 Å². The fraction of sp³-hybridized carbons (Fsp3) is 0.231. The summed E-state index contributed by atoms with van der Waals surface area (Å²) in [5.41, 5.74) is 1.20. The van der Waals surface area contributed by atoms with Gasteiger partial charge in [-0.05, 0) is 12.5 Å². The Morgan fingerprint density at radius 2 is 2.07 bits per heavy atom. The van der Waals surface area contributed by atoms with E-state index in [2.05, 4.69) is 30.2 Å². The van der Waals surface area contributed by atoms with Crippen molar-refractivity contribution in [3.8, 4) is 12.0 Å². The van der Waals surface area contributed by atoms with E-state index in [-0.39, 0.29) is 0 Å². The molecule has 1 aromatic carbocycles. The van der Waals surface area contributed by atoms with E-state index in [1.165, 1.54) is 5.56 Å². The topological polar surface area (TPSA) is 9.23 Å². The second-order valence-electron chi connectivity index (χ2n) is 2.73. The van der Waals surface area contributed by atoms with E-state index in [0.717, 1.165) is 6.42 Å². The van der Waals surface area contributed by atoms with Gasteiger partial charge >= 0.3 is 0 Å². The number of benzene rings is 1. The van der Waals surface area contributed by atoms with Crippen LogP contribution in [0.3, 0.4) is 0 Å². The molecule has 0 amide bonds. The lowest BCUT2D eigenvalue weighted by atomic mass is 10.2. The van der Waals surface area contributed by atoms with Gasteiger partial charge < -0.3 is 4.74 Å². The Kier molecular flexibility index (Phi) is 5.05. The summed E-state index contributed by atoms with van der Waals surface area (Å²) in [5, 5.41) is 0. The SMILES string of the molecule is CCOC#CC/C=C/c1ccccc1. The van der Waals surface area contributed by atoms with Gasteiger partial charge in [-0.1, -0.05) is 48.4 Å². The summed E-state index contributed by atoms with van der Waals surface area (Å²) in [4.78, 5) is 0. The second-order valence-corrected chi connectivity index (χ2v) is 2.73. The molecule has 0 radical (unpaired) electrons. The molecule has 0 unspecified atom stereocenters. The third-order valence-corrected chi connectivity index (χ3v) is 1.62. The van der Waals surface area contributed by atoms with Gasteiger partial charge in [0.15, 0.2) is 0 Å². The molecule has 0 aliphatic rings. The summed E-state index contributed by atoms with van der Waals surface area (Å²) >= 11 is 0. The molecular weight excluding hydrogens is 172 g/mol. The molecule has 14 heavy (non-hydrogen) atoms. The maximum absolute atomic E-state index is 4.89. The summed E-state index contributed by atoms with van der Waals surface area (Å²) in [7, 11) is 0. The predicted octanol–water partition coefficient (Wildman–Crippen LogP) is 3.09. The molecule has 1 heteroatoms. The Labute approximate surface area is 85.4 Å². The Morgan fingerprint density at radius 1 is 1.29 bits per heavy atom. The number of hydrogen-bond acceptors (Lipinski definition) is 1. The normalized spacial score (nSPS) is 9.50. The highest BCUT2D eigenvalue weighted by Gasteiger charge is 1.80. The van der Waals surface area contributed by atoms with Crippen molar-refractivity contribution in [1.29, 1.82) is 0 Å². The maximum Gasteiger partial charge on any atom is 0.110 e. The summed E-state index contributed by atoms with van der Waals surface area (Å²) in [6.07, 6.45) is 7.44. The lowest BCUT2D eigenvalue weighted by Crippen LogP contribution is -1.76. The van der Waals surface area contributed by atoms with Gasteiger partial charge in [0.05, 0.1) is 6.61 Å². The van der Waals surface area contributed by atoms with Crippen molar-refractivity contribution >= 4 is 6.08 Å². The van der Waals surface area contributed by atoms with Crippen LogP contribution in [0.15, 0.2) is 36.4 Å². The first-order chi connectivity index (χ1) is 6.93. The first-order valence-electron chi connectivity index (χ1n) is 4.74. The van der Waals surface area contributed by atoms with Crippen molar-refractivity contribution in [1.82, 2.24) is 0 Å². The van der Waals surface area contributed by atoms with Gasteiger partial charge in [-0.2, -0.15) is 0 Å². The molecule has 0 aliphatic heterocycles. The molecule has 72 valence electrons. The molecule has 0 aromatic heterocycles. The summed E-state index contributed by atoms with van der Waals surface area (Å²) in [6, 6.07) is 10.2. The van der Waals surface area contributed by atoms with E-state index in [0.29, 0.717) is 6.61 Å². The molecule has 0 bridgehead atoms. The first kappa shape index (κ1) is 10.4. The smallest absolute Gasteiger partial charge is 0.110 e. The van der Waals surface area contributed by atoms with E-state index in [1.54, 1.807) is 0 Å². The second kappa shape index (κ2) is 6.80. The molecule has 0 fully saturated rings. The molecule has 0 saturated heterocycles. The fourth-order valence-corrected chi connectivity index (χ4v) is 0.983. The van der Waals surface area contributed by atoms with Crippen LogP contribution in [-0.4, -0.2) is 6.61 Å². The summed E-state index contributed by atoms with van der Waals surface area (Å²) < 4.78 is 4.89. The van der Waals surface area contributed by atoms with E-state index in [1.807, 2.05) is 31.2 Å². The Balaban J connectivity index is 2.32. The number of hydrogen-bond donors (Lipinski definition) is 0. The van der Waals surface area contributed by atoms with Crippen LogP contribution in [0.1, 0.15) is 18.9 Å². The van der Waals surface area contributed by atoms with Crippen molar-refractivity contribution < 1.29 is 4.74 Å². The van der Waals surface area contributed by atoms with Crippen LogP contribution in [0.2, 0.25) is 0 Å². The van der Waals surface area contributed by atoms with E-state index in [4.69, 9.17) is 4.74 Å². The zero-order chi connectivity index (χ0) is 10.1. The average Bonchev–Trinajstić information content (AvgIpc) is 2.25. The zero-order valence-corrected chi connectivity index (χ0v) is 8.36. The van der Waals surface area contributed by atoms with E-state index < -0.39 is 0 Å². The van der Waals surface area contributed by atoms with Crippen LogP contribution in [0.4, 0.5) is 0 Å². The van der Waals surface area contributed by atoms with Gasteiger partial charge in [0.25, 0.3) is 0 Å². The number of allylic oxidation sites excluding steroid dienone is 1. The lowest BCUT2D eigenvalue weighted by Gasteiger charge is -1.88. The molecule has 0 N–H and O–H groups in total. The zero-order valence-electron chi connectivity index (χ0n) is 8.36. The van der Waals surface area contributed by atoms with Crippen LogP contribution in [0.5, 0.6) is 0 Å². The van der Waals surface area contributed by atoms with Gasteiger partial charge in [0, 0.05) is 6.42 Å². The van der Waals surface area contributed by atoms with Crippen LogP contribution in [0, 0.1) is 12.0 Å². The fourth-order valence-electron chi connectivity index (χ4n) is 0.983. The standard InChI is InChI=1S/C13H14O/c1-2-14-12-8-4-7-11-13-9-5-3-6-10-13/h3,5-7,9-11H,2,4H2,1H3/b11-7+. The van der Waals surface area contributed by atoms with Crippen LogP contribution in [-0.2, 0) is 4.74 Å². The van der Waals surface area contributed by atoms with Crippen LogP contribution < -0.4 is 0 Å². The molecule has 1 aromatic rings. The minimum absolute atomic E-state index is 0.648. The minimum Gasteiger partial charge on any atom is -0.447 e. The summed E-state index contributed by atoms with van der Waals surface area (Å²) in [6.45, 7) is 2.57. The van der Waals surface area contributed by atoms with E-state index >= 15 is 0 Å². The highest BCUT2D eigenvalue weighted by molar-refractivity contribution is 5.48. The summed E-state index contributed by atoms with van der Waals surface area (Å²) in [5.74, 6) is 2.90. The van der Waals surface area contributed by atoms with Crippen LogP contribution >= 0.6 is 0 Å². The Morgan fingerprint density at radius 3 is 2.79 bits per heavy atom. The largest absolute Gasteiger partial charge is 0.447 e.